The van der Waals surface area contributed by atoms with E-state index in [1.807, 2.05) is 55.5 Å². The van der Waals surface area contributed by atoms with Gasteiger partial charge in [-0.05, 0) is 24.5 Å². The van der Waals surface area contributed by atoms with Gasteiger partial charge in [0.15, 0.2) is 0 Å². The third-order valence-electron chi connectivity index (χ3n) is 3.06. The van der Waals surface area contributed by atoms with E-state index in [0.717, 1.165) is 12.0 Å². The molecule has 17 heavy (non-hydrogen) atoms. The molecule has 84 valence electrons. The maximum absolute atomic E-state index is 9.45. The zero-order valence-electron chi connectivity index (χ0n) is 9.93. The van der Waals surface area contributed by atoms with Crippen molar-refractivity contribution in [3.63, 3.8) is 0 Å². The van der Waals surface area contributed by atoms with Crippen molar-refractivity contribution in [2.45, 2.75) is 18.8 Å². The van der Waals surface area contributed by atoms with Gasteiger partial charge in [0.1, 0.15) is 0 Å². The van der Waals surface area contributed by atoms with Crippen LogP contribution in [-0.2, 0) is 11.8 Å². The summed E-state index contributed by atoms with van der Waals surface area (Å²) in [6.07, 6.45) is 0.744. The molecule has 0 heterocycles. The lowest BCUT2D eigenvalue weighted by atomic mass is 9.79. The largest absolute Gasteiger partial charge is 0.197 e. The van der Waals surface area contributed by atoms with Gasteiger partial charge in [-0.25, -0.2) is 0 Å². The smallest absolute Gasteiger partial charge is 0.0834 e. The summed E-state index contributed by atoms with van der Waals surface area (Å²) in [4.78, 5) is 0. The Morgan fingerprint density at radius 1 is 0.941 bits per heavy atom. The molecule has 0 saturated carbocycles. The molecule has 1 heteroatoms. The van der Waals surface area contributed by atoms with Gasteiger partial charge in [0.05, 0.1) is 11.5 Å². The second-order valence-electron chi connectivity index (χ2n) is 4.47. The van der Waals surface area contributed by atoms with Gasteiger partial charge in [0, 0.05) is 0 Å². The molecule has 0 N–H and O–H groups in total. The normalized spacial score (nSPS) is 13.6. The zero-order chi connectivity index (χ0) is 12.1. The average molecular weight is 221 g/mol. The fourth-order valence-electron chi connectivity index (χ4n) is 2.02. The molecule has 1 nitrogen and oxygen atoms in total. The number of nitriles is 1. The van der Waals surface area contributed by atoms with Crippen molar-refractivity contribution in [3.8, 4) is 6.07 Å². The van der Waals surface area contributed by atoms with Crippen LogP contribution in [0.25, 0.3) is 0 Å². The molecule has 0 unspecified atom stereocenters. The molecule has 0 aliphatic rings. The van der Waals surface area contributed by atoms with Crippen LogP contribution in [0.2, 0.25) is 0 Å². The SMILES string of the molecule is C[C@](C#N)(Cc1ccccc1)c1ccccc1. The third kappa shape index (κ3) is 2.54. The van der Waals surface area contributed by atoms with Gasteiger partial charge in [-0.1, -0.05) is 60.7 Å². The average Bonchev–Trinajstić information content (AvgIpc) is 2.41. The number of hydrogen-bond acceptors (Lipinski definition) is 1. The van der Waals surface area contributed by atoms with Crippen LogP contribution >= 0.6 is 0 Å². The standard InChI is InChI=1S/C16H15N/c1-16(13-17,15-10-6-3-7-11-15)12-14-8-4-2-5-9-14/h2-11H,12H2,1H3/t16-/m1/s1. The molecule has 0 aromatic heterocycles. The quantitative estimate of drug-likeness (QED) is 0.775. The highest BCUT2D eigenvalue weighted by Crippen LogP contribution is 2.27. The molecule has 2 aromatic carbocycles. The first-order valence-electron chi connectivity index (χ1n) is 5.75. The third-order valence-corrected chi connectivity index (χ3v) is 3.06. The number of rotatable bonds is 3. The van der Waals surface area contributed by atoms with Crippen molar-refractivity contribution in [3.05, 3.63) is 71.8 Å². The van der Waals surface area contributed by atoms with E-state index >= 15 is 0 Å². The van der Waals surface area contributed by atoms with Gasteiger partial charge in [-0.2, -0.15) is 5.26 Å². The number of nitrogens with zero attached hydrogens (tertiary/aromatic N) is 1. The summed E-state index contributed by atoms with van der Waals surface area (Å²) in [5.41, 5.74) is 1.81. The van der Waals surface area contributed by atoms with Gasteiger partial charge in [-0.15, -0.1) is 0 Å². The Balaban J connectivity index is 2.31. The summed E-state index contributed by atoms with van der Waals surface area (Å²) in [6, 6.07) is 22.6. The summed E-state index contributed by atoms with van der Waals surface area (Å²) in [5.74, 6) is 0. The van der Waals surface area contributed by atoms with E-state index in [1.165, 1.54) is 5.56 Å². The fraction of sp³-hybridized carbons (Fsp3) is 0.188. The van der Waals surface area contributed by atoms with Gasteiger partial charge in [0.2, 0.25) is 0 Å². The first-order valence-corrected chi connectivity index (χ1v) is 5.75. The van der Waals surface area contributed by atoms with Crippen molar-refractivity contribution in [2.24, 2.45) is 0 Å². The summed E-state index contributed by atoms with van der Waals surface area (Å²) in [6.45, 7) is 2.00. The predicted octanol–water partition coefficient (Wildman–Crippen LogP) is 3.71. The van der Waals surface area contributed by atoms with Crippen LogP contribution in [0.3, 0.4) is 0 Å². The minimum Gasteiger partial charge on any atom is -0.197 e. The Labute approximate surface area is 102 Å². The molecule has 0 aliphatic carbocycles. The van der Waals surface area contributed by atoms with E-state index in [0.29, 0.717) is 0 Å². The first-order chi connectivity index (χ1) is 8.24. The lowest BCUT2D eigenvalue weighted by Crippen LogP contribution is -2.22. The number of hydrogen-bond donors (Lipinski definition) is 0. The van der Waals surface area contributed by atoms with E-state index in [2.05, 4.69) is 18.2 Å². The van der Waals surface area contributed by atoms with E-state index in [9.17, 15) is 5.26 Å². The molecule has 0 saturated heterocycles. The second kappa shape index (κ2) is 4.84. The highest BCUT2D eigenvalue weighted by molar-refractivity contribution is 5.34. The maximum Gasteiger partial charge on any atom is 0.0834 e. The summed E-state index contributed by atoms with van der Waals surface area (Å²) in [7, 11) is 0. The van der Waals surface area contributed by atoms with Crippen LogP contribution in [0.1, 0.15) is 18.1 Å². The lowest BCUT2D eigenvalue weighted by Gasteiger charge is -2.22. The zero-order valence-corrected chi connectivity index (χ0v) is 9.93. The van der Waals surface area contributed by atoms with Crippen LogP contribution in [0.15, 0.2) is 60.7 Å². The minimum atomic E-state index is -0.456. The lowest BCUT2D eigenvalue weighted by molar-refractivity contribution is 0.606. The highest BCUT2D eigenvalue weighted by atomic mass is 14.4. The Bertz CT molecular complexity index is 510. The number of benzene rings is 2. The molecule has 2 rings (SSSR count). The minimum absolute atomic E-state index is 0.456. The van der Waals surface area contributed by atoms with Gasteiger partial charge < -0.3 is 0 Å². The van der Waals surface area contributed by atoms with Crippen LogP contribution in [0, 0.1) is 11.3 Å². The Morgan fingerprint density at radius 2 is 1.47 bits per heavy atom. The van der Waals surface area contributed by atoms with Crippen molar-refractivity contribution in [2.75, 3.05) is 0 Å². The van der Waals surface area contributed by atoms with Crippen LogP contribution in [-0.4, -0.2) is 0 Å². The molecule has 0 spiro atoms. The van der Waals surface area contributed by atoms with Crippen LogP contribution in [0.4, 0.5) is 0 Å². The topological polar surface area (TPSA) is 23.8 Å². The maximum atomic E-state index is 9.45. The Morgan fingerprint density at radius 3 is 2.00 bits per heavy atom. The van der Waals surface area contributed by atoms with Crippen molar-refractivity contribution < 1.29 is 0 Å². The molecule has 0 fully saturated rings. The molecular weight excluding hydrogens is 206 g/mol. The first kappa shape index (κ1) is 11.4. The monoisotopic (exact) mass is 221 g/mol. The molecule has 1 atom stereocenters. The highest BCUT2D eigenvalue weighted by Gasteiger charge is 2.26. The Kier molecular flexibility index (Phi) is 3.25. The van der Waals surface area contributed by atoms with Crippen molar-refractivity contribution >= 4 is 0 Å². The van der Waals surface area contributed by atoms with Crippen molar-refractivity contribution in [1.29, 1.82) is 5.26 Å². The van der Waals surface area contributed by atoms with Gasteiger partial charge in [0.25, 0.3) is 0 Å². The van der Waals surface area contributed by atoms with E-state index in [1.54, 1.807) is 0 Å². The summed E-state index contributed by atoms with van der Waals surface area (Å²) in [5, 5.41) is 9.45. The second-order valence-corrected chi connectivity index (χ2v) is 4.47. The molecule has 0 amide bonds. The van der Waals surface area contributed by atoms with Crippen LogP contribution in [0.5, 0.6) is 0 Å². The molecular formula is C16H15N. The molecule has 0 bridgehead atoms. The molecule has 2 aromatic rings. The van der Waals surface area contributed by atoms with Gasteiger partial charge in [-0.3, -0.25) is 0 Å². The van der Waals surface area contributed by atoms with Crippen molar-refractivity contribution in [1.82, 2.24) is 0 Å². The predicted molar refractivity (Wildman–Crippen MR) is 69.6 cm³/mol. The Hall–Kier alpha value is -2.07. The fourth-order valence-corrected chi connectivity index (χ4v) is 2.02. The van der Waals surface area contributed by atoms with E-state index < -0.39 is 5.41 Å². The summed E-state index contributed by atoms with van der Waals surface area (Å²) >= 11 is 0. The molecule has 0 radical (unpaired) electrons. The van der Waals surface area contributed by atoms with Crippen LogP contribution < -0.4 is 0 Å². The van der Waals surface area contributed by atoms with E-state index in [-0.39, 0.29) is 0 Å². The van der Waals surface area contributed by atoms with Gasteiger partial charge >= 0.3 is 0 Å². The molecule has 0 aliphatic heterocycles. The summed E-state index contributed by atoms with van der Waals surface area (Å²) < 4.78 is 0. The van der Waals surface area contributed by atoms with E-state index in [4.69, 9.17) is 0 Å².